The number of furan rings is 1. The van der Waals surface area contributed by atoms with Gasteiger partial charge in [-0.3, -0.25) is 9.59 Å². The summed E-state index contributed by atoms with van der Waals surface area (Å²) < 4.78 is 5.09. The van der Waals surface area contributed by atoms with E-state index in [1.54, 1.807) is 25.1 Å². The third-order valence-corrected chi connectivity index (χ3v) is 3.32. The second-order valence-electron chi connectivity index (χ2n) is 4.97. The quantitative estimate of drug-likeness (QED) is 0.883. The molecule has 0 spiro atoms. The van der Waals surface area contributed by atoms with Crippen LogP contribution in [0.4, 0.5) is 5.69 Å². The zero-order chi connectivity index (χ0) is 15.4. The lowest BCUT2D eigenvalue weighted by Crippen LogP contribution is -2.12. The average molecular weight is 287 g/mol. The summed E-state index contributed by atoms with van der Waals surface area (Å²) in [5, 5.41) is 11.6. The van der Waals surface area contributed by atoms with E-state index >= 15 is 0 Å². The number of carboxylic acid groups (broad SMARTS) is 1. The Balaban J connectivity index is 2.04. The van der Waals surface area contributed by atoms with Crippen molar-refractivity contribution in [2.75, 3.05) is 5.32 Å². The summed E-state index contributed by atoms with van der Waals surface area (Å²) in [7, 11) is 0. The van der Waals surface area contributed by atoms with Gasteiger partial charge in [-0.25, -0.2) is 0 Å². The number of aryl methyl sites for hydroxylation is 1. The van der Waals surface area contributed by atoms with E-state index in [-0.39, 0.29) is 18.2 Å². The molecule has 2 aromatic rings. The smallest absolute Gasteiger partial charge is 0.303 e. The van der Waals surface area contributed by atoms with Crippen molar-refractivity contribution in [3.8, 4) is 0 Å². The van der Waals surface area contributed by atoms with E-state index in [0.29, 0.717) is 17.0 Å². The van der Waals surface area contributed by atoms with Crippen LogP contribution in [0, 0.1) is 6.92 Å². The number of carbonyl (C=O) groups excluding carboxylic acids is 1. The highest BCUT2D eigenvalue weighted by molar-refractivity contribution is 6.04. The number of anilines is 1. The topological polar surface area (TPSA) is 79.5 Å². The number of carboxylic acids is 1. The molecule has 1 aromatic carbocycles. The second-order valence-corrected chi connectivity index (χ2v) is 4.97. The van der Waals surface area contributed by atoms with E-state index in [1.165, 1.54) is 6.26 Å². The standard InChI is InChI=1S/C16H17NO4/c1-10(9-15(18)19)12-3-5-13(6-4-12)17-16(20)14-7-8-21-11(14)2/h3-8,10H,9H2,1-2H3,(H,17,20)(H,18,19). The first-order valence-electron chi connectivity index (χ1n) is 6.64. The fourth-order valence-electron chi connectivity index (χ4n) is 2.09. The number of nitrogens with one attached hydrogen (secondary N) is 1. The summed E-state index contributed by atoms with van der Waals surface area (Å²) in [6, 6.07) is 8.80. The SMILES string of the molecule is Cc1occc1C(=O)Nc1ccc(C(C)CC(=O)O)cc1. The third kappa shape index (κ3) is 3.72. The number of benzene rings is 1. The van der Waals surface area contributed by atoms with Crippen LogP contribution in [0.25, 0.3) is 0 Å². The highest BCUT2D eigenvalue weighted by atomic mass is 16.4. The zero-order valence-corrected chi connectivity index (χ0v) is 11.9. The van der Waals surface area contributed by atoms with Gasteiger partial charge in [-0.1, -0.05) is 19.1 Å². The van der Waals surface area contributed by atoms with Gasteiger partial charge in [0.05, 0.1) is 18.2 Å². The van der Waals surface area contributed by atoms with E-state index in [1.807, 2.05) is 19.1 Å². The Kier molecular flexibility index (Phi) is 4.42. The predicted octanol–water partition coefficient (Wildman–Crippen LogP) is 3.42. The summed E-state index contributed by atoms with van der Waals surface area (Å²) in [6.45, 7) is 3.59. The van der Waals surface area contributed by atoms with Crippen LogP contribution in [-0.2, 0) is 4.79 Å². The van der Waals surface area contributed by atoms with Crippen molar-refractivity contribution >= 4 is 17.6 Å². The highest BCUT2D eigenvalue weighted by Gasteiger charge is 2.13. The molecule has 0 aliphatic rings. The van der Waals surface area contributed by atoms with Crippen LogP contribution < -0.4 is 5.32 Å². The number of carbonyl (C=O) groups is 2. The largest absolute Gasteiger partial charge is 0.481 e. The first-order chi connectivity index (χ1) is 9.97. The Morgan fingerprint density at radius 3 is 2.43 bits per heavy atom. The Hall–Kier alpha value is -2.56. The first-order valence-corrected chi connectivity index (χ1v) is 6.64. The lowest BCUT2D eigenvalue weighted by atomic mass is 9.98. The summed E-state index contributed by atoms with van der Waals surface area (Å²) in [5.41, 5.74) is 2.08. The number of rotatable bonds is 5. The molecule has 2 N–H and O–H groups in total. The molecule has 2 rings (SSSR count). The molecule has 5 nitrogen and oxygen atoms in total. The first kappa shape index (κ1) is 14.8. The summed E-state index contributed by atoms with van der Waals surface area (Å²) in [6.07, 6.45) is 1.56. The molecule has 21 heavy (non-hydrogen) atoms. The normalized spacial score (nSPS) is 11.9. The zero-order valence-electron chi connectivity index (χ0n) is 11.9. The molecule has 1 atom stereocenters. The fraction of sp³-hybridized carbons (Fsp3) is 0.250. The fourth-order valence-corrected chi connectivity index (χ4v) is 2.09. The van der Waals surface area contributed by atoms with Gasteiger partial charge < -0.3 is 14.8 Å². The monoisotopic (exact) mass is 287 g/mol. The molecule has 5 heteroatoms. The van der Waals surface area contributed by atoms with Gasteiger partial charge >= 0.3 is 5.97 Å². The Bertz CT molecular complexity index is 643. The van der Waals surface area contributed by atoms with Crippen LogP contribution in [-0.4, -0.2) is 17.0 Å². The van der Waals surface area contributed by atoms with Gasteiger partial charge in [-0.05, 0) is 36.6 Å². The van der Waals surface area contributed by atoms with E-state index < -0.39 is 5.97 Å². The lowest BCUT2D eigenvalue weighted by Gasteiger charge is -2.10. The molecule has 0 saturated heterocycles. The maximum Gasteiger partial charge on any atom is 0.303 e. The third-order valence-electron chi connectivity index (χ3n) is 3.32. The van der Waals surface area contributed by atoms with Gasteiger partial charge in [0.25, 0.3) is 5.91 Å². The number of hydrogen-bond donors (Lipinski definition) is 2. The van der Waals surface area contributed by atoms with Gasteiger partial charge in [-0.2, -0.15) is 0 Å². The van der Waals surface area contributed by atoms with Crippen molar-refractivity contribution in [1.29, 1.82) is 0 Å². The van der Waals surface area contributed by atoms with Crippen LogP contribution >= 0.6 is 0 Å². The Labute approximate surface area is 122 Å². The van der Waals surface area contributed by atoms with Crippen LogP contribution in [0.3, 0.4) is 0 Å². The maximum absolute atomic E-state index is 12.0. The number of amides is 1. The second kappa shape index (κ2) is 6.26. The van der Waals surface area contributed by atoms with Gasteiger partial charge in [0.1, 0.15) is 5.76 Å². The highest BCUT2D eigenvalue weighted by Crippen LogP contribution is 2.21. The molecule has 0 fully saturated rings. The molecule has 1 unspecified atom stereocenters. The molecule has 0 aliphatic heterocycles. The van der Waals surface area contributed by atoms with Crippen molar-refractivity contribution in [3.63, 3.8) is 0 Å². The molecule has 1 heterocycles. The molecule has 0 bridgehead atoms. The van der Waals surface area contributed by atoms with E-state index in [9.17, 15) is 9.59 Å². The van der Waals surface area contributed by atoms with Crippen LogP contribution in [0.15, 0.2) is 41.0 Å². The van der Waals surface area contributed by atoms with Crippen molar-refractivity contribution in [2.24, 2.45) is 0 Å². The van der Waals surface area contributed by atoms with Gasteiger partial charge in [0.15, 0.2) is 0 Å². The molecule has 0 saturated carbocycles. The van der Waals surface area contributed by atoms with E-state index in [4.69, 9.17) is 9.52 Å². The molecule has 110 valence electrons. The van der Waals surface area contributed by atoms with E-state index in [2.05, 4.69) is 5.32 Å². The van der Waals surface area contributed by atoms with Gasteiger partial charge in [0.2, 0.25) is 0 Å². The summed E-state index contributed by atoms with van der Waals surface area (Å²) in [4.78, 5) is 22.7. The maximum atomic E-state index is 12.0. The van der Waals surface area contributed by atoms with Crippen LogP contribution in [0.5, 0.6) is 0 Å². The number of aliphatic carboxylic acids is 1. The summed E-state index contributed by atoms with van der Waals surface area (Å²) in [5.74, 6) is -0.550. The molecule has 1 aromatic heterocycles. The van der Waals surface area contributed by atoms with Crippen molar-refractivity contribution in [2.45, 2.75) is 26.2 Å². The van der Waals surface area contributed by atoms with Crippen molar-refractivity contribution in [3.05, 3.63) is 53.5 Å². The Morgan fingerprint density at radius 2 is 1.90 bits per heavy atom. The predicted molar refractivity (Wildman–Crippen MR) is 78.5 cm³/mol. The minimum absolute atomic E-state index is 0.0663. The van der Waals surface area contributed by atoms with E-state index in [0.717, 1.165) is 5.56 Å². The van der Waals surface area contributed by atoms with Crippen LogP contribution in [0.2, 0.25) is 0 Å². The number of hydrogen-bond acceptors (Lipinski definition) is 3. The molecule has 1 amide bonds. The molecule has 0 radical (unpaired) electrons. The summed E-state index contributed by atoms with van der Waals surface area (Å²) >= 11 is 0. The molecule has 0 aliphatic carbocycles. The minimum Gasteiger partial charge on any atom is -0.481 e. The molecular formula is C16H17NO4. The van der Waals surface area contributed by atoms with Gasteiger partial charge in [-0.15, -0.1) is 0 Å². The van der Waals surface area contributed by atoms with Gasteiger partial charge in [0, 0.05) is 5.69 Å². The van der Waals surface area contributed by atoms with Crippen molar-refractivity contribution in [1.82, 2.24) is 0 Å². The lowest BCUT2D eigenvalue weighted by molar-refractivity contribution is -0.137. The minimum atomic E-state index is -0.824. The average Bonchev–Trinajstić information content (AvgIpc) is 2.85. The molecular weight excluding hydrogens is 270 g/mol. The Morgan fingerprint density at radius 1 is 1.24 bits per heavy atom. The van der Waals surface area contributed by atoms with Crippen molar-refractivity contribution < 1.29 is 19.1 Å². The van der Waals surface area contributed by atoms with Crippen LogP contribution in [0.1, 0.15) is 40.9 Å².